The van der Waals surface area contributed by atoms with Crippen molar-refractivity contribution in [3.63, 3.8) is 0 Å². The van der Waals surface area contributed by atoms with Crippen LogP contribution in [0.2, 0.25) is 5.02 Å². The van der Waals surface area contributed by atoms with E-state index in [9.17, 15) is 14.4 Å². The van der Waals surface area contributed by atoms with Gasteiger partial charge in [-0.25, -0.2) is 4.39 Å². The summed E-state index contributed by atoms with van der Waals surface area (Å²) in [4.78, 5) is 12.4. The lowest BCUT2D eigenvalue weighted by molar-refractivity contribution is -0.112. The van der Waals surface area contributed by atoms with Gasteiger partial charge in [-0.2, -0.15) is 5.26 Å². The van der Waals surface area contributed by atoms with Gasteiger partial charge in [0.15, 0.2) is 0 Å². The standard InChI is InChI=1S/C24H18ClFN2O2/c1-16-12-20(25)6-11-23(16)28-24(29)19(14-27)13-17-4-9-22(10-5-17)30-15-18-2-7-21(26)8-3-18/h2-13H,15H2,1H3,(H,28,29)/b19-13+. The largest absolute Gasteiger partial charge is 0.489 e. The number of benzene rings is 3. The Kier molecular flexibility index (Phi) is 6.84. The van der Waals surface area contributed by atoms with Gasteiger partial charge in [-0.05, 0) is 72.2 Å². The molecule has 30 heavy (non-hydrogen) atoms. The van der Waals surface area contributed by atoms with Crippen molar-refractivity contribution in [2.75, 3.05) is 5.32 Å². The highest BCUT2D eigenvalue weighted by atomic mass is 35.5. The van der Waals surface area contributed by atoms with Crippen LogP contribution >= 0.6 is 11.6 Å². The first-order valence-electron chi connectivity index (χ1n) is 9.11. The van der Waals surface area contributed by atoms with Gasteiger partial charge in [0, 0.05) is 10.7 Å². The maximum Gasteiger partial charge on any atom is 0.266 e. The second kappa shape index (κ2) is 9.73. The molecule has 0 aliphatic heterocycles. The van der Waals surface area contributed by atoms with Gasteiger partial charge in [-0.3, -0.25) is 4.79 Å². The van der Waals surface area contributed by atoms with E-state index in [4.69, 9.17) is 16.3 Å². The Morgan fingerprint density at radius 2 is 1.83 bits per heavy atom. The number of ether oxygens (including phenoxy) is 1. The summed E-state index contributed by atoms with van der Waals surface area (Å²) in [6.07, 6.45) is 1.50. The number of nitrogens with zero attached hydrogens (tertiary/aromatic N) is 1. The maximum atomic E-state index is 12.9. The smallest absolute Gasteiger partial charge is 0.266 e. The molecule has 0 saturated carbocycles. The summed E-state index contributed by atoms with van der Waals surface area (Å²) in [5.74, 6) is -0.172. The predicted octanol–water partition coefficient (Wildman–Crippen LogP) is 5.91. The fourth-order valence-electron chi connectivity index (χ4n) is 2.68. The van der Waals surface area contributed by atoms with Gasteiger partial charge >= 0.3 is 0 Å². The number of aryl methyl sites for hydroxylation is 1. The van der Waals surface area contributed by atoms with Crippen LogP contribution in [-0.2, 0) is 11.4 Å². The Balaban J connectivity index is 1.65. The van der Waals surface area contributed by atoms with Crippen LogP contribution < -0.4 is 10.1 Å². The molecule has 150 valence electrons. The maximum absolute atomic E-state index is 12.9. The third-order valence-corrected chi connectivity index (χ3v) is 4.55. The Morgan fingerprint density at radius 3 is 2.47 bits per heavy atom. The summed E-state index contributed by atoms with van der Waals surface area (Å²) in [5.41, 5.74) is 2.90. The summed E-state index contributed by atoms with van der Waals surface area (Å²) in [5, 5.41) is 12.7. The Labute approximate surface area is 179 Å². The fourth-order valence-corrected chi connectivity index (χ4v) is 2.91. The molecule has 3 aromatic rings. The summed E-state index contributed by atoms with van der Waals surface area (Å²) in [6.45, 7) is 2.13. The SMILES string of the molecule is Cc1cc(Cl)ccc1NC(=O)/C(C#N)=C/c1ccc(OCc2ccc(F)cc2)cc1. The first kappa shape index (κ1) is 21.1. The fraction of sp³-hybridized carbons (Fsp3) is 0.0833. The van der Waals surface area contributed by atoms with Gasteiger partial charge in [0.2, 0.25) is 0 Å². The van der Waals surface area contributed by atoms with Crippen LogP contribution in [-0.4, -0.2) is 5.91 Å². The third kappa shape index (κ3) is 5.69. The van der Waals surface area contributed by atoms with Gasteiger partial charge in [0.25, 0.3) is 5.91 Å². The van der Waals surface area contributed by atoms with E-state index in [0.717, 1.165) is 11.1 Å². The van der Waals surface area contributed by atoms with Crippen molar-refractivity contribution in [3.8, 4) is 11.8 Å². The van der Waals surface area contributed by atoms with E-state index in [2.05, 4.69) is 5.32 Å². The number of carbonyl (C=O) groups excluding carboxylic acids is 1. The normalized spacial score (nSPS) is 10.9. The van der Waals surface area contributed by atoms with Crippen LogP contribution in [0.15, 0.2) is 72.3 Å². The van der Waals surface area contributed by atoms with Crippen LogP contribution in [0.5, 0.6) is 5.75 Å². The van der Waals surface area contributed by atoms with Crippen LogP contribution in [0.4, 0.5) is 10.1 Å². The molecule has 0 atom stereocenters. The molecular formula is C24H18ClFN2O2. The number of amides is 1. The molecule has 0 heterocycles. The van der Waals surface area contributed by atoms with Crippen molar-refractivity contribution in [2.24, 2.45) is 0 Å². The van der Waals surface area contributed by atoms with Crippen LogP contribution in [0.1, 0.15) is 16.7 Å². The van der Waals surface area contributed by atoms with Crippen LogP contribution in [0.3, 0.4) is 0 Å². The molecule has 0 unspecified atom stereocenters. The Bertz CT molecular complexity index is 1120. The first-order chi connectivity index (χ1) is 14.4. The minimum atomic E-state index is -0.500. The van der Waals surface area contributed by atoms with Crippen molar-refractivity contribution in [1.82, 2.24) is 0 Å². The number of nitrogens with one attached hydrogen (secondary N) is 1. The topological polar surface area (TPSA) is 62.1 Å². The molecule has 6 heteroatoms. The zero-order valence-corrected chi connectivity index (χ0v) is 16.9. The highest BCUT2D eigenvalue weighted by molar-refractivity contribution is 6.30. The zero-order chi connectivity index (χ0) is 21.5. The van der Waals surface area contributed by atoms with E-state index in [0.29, 0.717) is 28.6 Å². The number of carbonyl (C=O) groups is 1. The second-order valence-corrected chi connectivity index (χ2v) is 7.00. The quantitative estimate of drug-likeness (QED) is 0.398. The van der Waals surface area contributed by atoms with E-state index < -0.39 is 5.91 Å². The second-order valence-electron chi connectivity index (χ2n) is 6.57. The molecule has 4 nitrogen and oxygen atoms in total. The molecule has 0 fully saturated rings. The minimum Gasteiger partial charge on any atom is -0.489 e. The number of hydrogen-bond acceptors (Lipinski definition) is 3. The number of halogens is 2. The molecule has 0 aromatic heterocycles. The lowest BCUT2D eigenvalue weighted by atomic mass is 10.1. The molecule has 0 aliphatic carbocycles. The summed E-state index contributed by atoms with van der Waals surface area (Å²) < 4.78 is 18.6. The first-order valence-corrected chi connectivity index (χ1v) is 9.49. The molecular weight excluding hydrogens is 403 g/mol. The van der Waals surface area contributed by atoms with Gasteiger partial charge in [-0.1, -0.05) is 35.9 Å². The van der Waals surface area contributed by atoms with Crippen LogP contribution in [0, 0.1) is 24.1 Å². The average molecular weight is 421 g/mol. The molecule has 0 radical (unpaired) electrons. The van der Waals surface area contributed by atoms with Crippen molar-refractivity contribution in [2.45, 2.75) is 13.5 Å². The molecule has 1 amide bonds. The highest BCUT2D eigenvalue weighted by Crippen LogP contribution is 2.21. The van der Waals surface area contributed by atoms with Gasteiger partial charge in [-0.15, -0.1) is 0 Å². The van der Waals surface area contributed by atoms with E-state index >= 15 is 0 Å². The molecule has 0 saturated heterocycles. The lowest BCUT2D eigenvalue weighted by Crippen LogP contribution is -2.14. The predicted molar refractivity (Wildman–Crippen MR) is 116 cm³/mol. The van der Waals surface area contributed by atoms with Crippen LogP contribution in [0.25, 0.3) is 6.08 Å². The number of hydrogen-bond donors (Lipinski definition) is 1. The molecule has 0 bridgehead atoms. The Morgan fingerprint density at radius 1 is 1.13 bits per heavy atom. The third-order valence-electron chi connectivity index (χ3n) is 4.31. The average Bonchev–Trinajstić information content (AvgIpc) is 2.74. The monoisotopic (exact) mass is 420 g/mol. The summed E-state index contributed by atoms with van der Waals surface area (Å²) in [6, 6.07) is 20.1. The minimum absolute atomic E-state index is 0.0238. The molecule has 1 N–H and O–H groups in total. The van der Waals surface area contributed by atoms with Gasteiger partial charge < -0.3 is 10.1 Å². The number of rotatable bonds is 6. The van der Waals surface area contributed by atoms with Crippen molar-refractivity contribution < 1.29 is 13.9 Å². The van der Waals surface area contributed by atoms with E-state index in [1.807, 2.05) is 13.0 Å². The summed E-state index contributed by atoms with van der Waals surface area (Å²) in [7, 11) is 0. The van der Waals surface area contributed by atoms with Crippen molar-refractivity contribution >= 4 is 29.3 Å². The van der Waals surface area contributed by atoms with E-state index in [-0.39, 0.29) is 11.4 Å². The number of nitriles is 1. The van der Waals surface area contributed by atoms with Gasteiger partial charge in [0.05, 0.1) is 0 Å². The highest BCUT2D eigenvalue weighted by Gasteiger charge is 2.11. The van der Waals surface area contributed by atoms with Gasteiger partial charge in [0.1, 0.15) is 29.8 Å². The molecule has 3 rings (SSSR count). The molecule has 0 aliphatic rings. The number of anilines is 1. The van der Waals surface area contributed by atoms with E-state index in [1.165, 1.54) is 18.2 Å². The molecule has 3 aromatic carbocycles. The summed E-state index contributed by atoms with van der Waals surface area (Å²) >= 11 is 5.93. The van der Waals surface area contributed by atoms with Crippen molar-refractivity contribution in [1.29, 1.82) is 5.26 Å². The molecule has 0 spiro atoms. The van der Waals surface area contributed by atoms with Crippen molar-refractivity contribution in [3.05, 3.63) is 99.8 Å². The zero-order valence-electron chi connectivity index (χ0n) is 16.2. The lowest BCUT2D eigenvalue weighted by Gasteiger charge is -2.08. The Hall–Kier alpha value is -3.62. The van der Waals surface area contributed by atoms with E-state index in [1.54, 1.807) is 54.6 Å².